The molecule has 0 bridgehead atoms. The molecule has 0 fully saturated rings. The Balaban J connectivity index is 2.66. The average Bonchev–Trinajstić information content (AvgIpc) is 2.82. The molecule has 0 amide bonds. The molecule has 0 spiro atoms. The fourth-order valence-electron chi connectivity index (χ4n) is 3.72. The molecular weight excluding hydrogens is 379 g/mol. The lowest BCUT2D eigenvalue weighted by molar-refractivity contribution is 0.453. The third-order valence-corrected chi connectivity index (χ3v) is 6.59. The van der Waals surface area contributed by atoms with Crippen molar-refractivity contribution in [3.63, 3.8) is 0 Å². The van der Waals surface area contributed by atoms with Crippen molar-refractivity contribution < 1.29 is 12.9 Å². The summed E-state index contributed by atoms with van der Waals surface area (Å²) < 4.78 is 18.4. The molecule has 0 saturated heterocycles. The second kappa shape index (κ2) is 8.58. The summed E-state index contributed by atoms with van der Waals surface area (Å²) in [5, 5.41) is 2.25. The Morgan fingerprint density at radius 1 is 0.621 bits per heavy atom. The first kappa shape index (κ1) is 22.0. The van der Waals surface area contributed by atoms with E-state index >= 15 is 0 Å². The molecule has 1 heterocycles. The van der Waals surface area contributed by atoms with E-state index in [0.29, 0.717) is 23.7 Å². The zero-order valence-electron chi connectivity index (χ0n) is 19.3. The summed E-state index contributed by atoms with van der Waals surface area (Å²) in [4.78, 5) is 0. The van der Waals surface area contributed by atoms with Gasteiger partial charge in [-0.2, -0.15) is 0 Å². The summed E-state index contributed by atoms with van der Waals surface area (Å²) >= 11 is 0. The van der Waals surface area contributed by atoms with Crippen LogP contribution in [0, 0.1) is 0 Å². The van der Waals surface area contributed by atoms with Gasteiger partial charge in [0.15, 0.2) is 0 Å². The Bertz CT molecular complexity index is 977. The molecule has 0 saturated carbocycles. The van der Waals surface area contributed by atoms with Gasteiger partial charge < -0.3 is 8.39 Å². The van der Waals surface area contributed by atoms with Crippen LogP contribution in [-0.2, 0) is 0 Å². The normalized spacial score (nSPS) is 12.3. The molecule has 0 atom stereocenters. The van der Waals surface area contributed by atoms with Crippen molar-refractivity contribution in [2.24, 2.45) is 0 Å². The Kier molecular flexibility index (Phi) is 6.51. The number of hydrogen-bond donors (Lipinski definition) is 0. The monoisotopic (exact) mass is 414 g/mol. The summed E-state index contributed by atoms with van der Waals surface area (Å²) in [6, 6.07) is 9.16. The molecule has 0 aliphatic heterocycles. The van der Waals surface area contributed by atoms with E-state index in [9.17, 15) is 0 Å². The van der Waals surface area contributed by atoms with E-state index in [-0.39, 0.29) is 0 Å². The van der Waals surface area contributed by atoms with E-state index in [4.69, 9.17) is 12.9 Å². The largest absolute Gasteiger partial charge is 0.399 e. The van der Waals surface area contributed by atoms with E-state index in [1.54, 1.807) is 7.11 Å². The highest BCUT2D eigenvalue weighted by molar-refractivity contribution is 7.31. The second-order valence-corrected chi connectivity index (χ2v) is 10.4. The van der Waals surface area contributed by atoms with E-state index in [1.165, 1.54) is 22.3 Å². The van der Waals surface area contributed by atoms with Crippen LogP contribution < -0.4 is 4.52 Å². The molecular formula is C25H35O3P. The highest BCUT2D eigenvalue weighted by Gasteiger charge is 2.19. The summed E-state index contributed by atoms with van der Waals surface area (Å²) in [5.41, 5.74) is 6.90. The van der Waals surface area contributed by atoms with Gasteiger partial charge in [0.05, 0.1) is 7.11 Å². The molecule has 0 radical (unpaired) electrons. The fraction of sp³-hybridized carbons (Fsp3) is 0.520. The molecule has 29 heavy (non-hydrogen) atoms. The maximum atomic E-state index is 6.37. The van der Waals surface area contributed by atoms with Gasteiger partial charge in [0.1, 0.15) is 11.2 Å². The van der Waals surface area contributed by atoms with Gasteiger partial charge in [-0.05, 0) is 58.1 Å². The molecule has 0 aliphatic carbocycles. The van der Waals surface area contributed by atoms with Crippen molar-refractivity contribution >= 4 is 30.2 Å². The minimum atomic E-state index is -1.50. The minimum Gasteiger partial charge on any atom is -0.399 e. The summed E-state index contributed by atoms with van der Waals surface area (Å²) in [7, 11) is 0.157. The van der Waals surface area contributed by atoms with Gasteiger partial charge in [-0.3, -0.25) is 4.52 Å². The number of hydrogen-bond acceptors (Lipinski definition) is 3. The zero-order valence-corrected chi connectivity index (χ0v) is 20.2. The van der Waals surface area contributed by atoms with Crippen molar-refractivity contribution in [3.8, 4) is 0 Å². The van der Waals surface area contributed by atoms with Crippen molar-refractivity contribution in [2.75, 3.05) is 7.11 Å². The van der Waals surface area contributed by atoms with Crippen LogP contribution in [0.5, 0.6) is 0 Å². The van der Waals surface area contributed by atoms with Crippen molar-refractivity contribution in [2.45, 2.75) is 79.1 Å². The van der Waals surface area contributed by atoms with Crippen LogP contribution >= 0.6 is 8.24 Å². The second-order valence-electron chi connectivity index (χ2n) is 9.18. The lowest BCUT2D eigenvalue weighted by Crippen LogP contribution is -1.97. The molecule has 2 aromatic carbocycles. The lowest BCUT2D eigenvalue weighted by Gasteiger charge is -2.15. The molecule has 158 valence electrons. The van der Waals surface area contributed by atoms with Crippen LogP contribution in [0.1, 0.15) is 101 Å². The molecule has 0 aliphatic rings. The maximum Gasteiger partial charge on any atom is 0.387 e. The summed E-state index contributed by atoms with van der Waals surface area (Å²) in [5.74, 6) is 1.56. The Morgan fingerprint density at radius 3 is 1.28 bits per heavy atom. The highest BCUT2D eigenvalue weighted by Crippen LogP contribution is 2.41. The Hall–Kier alpha value is -1.70. The molecule has 0 N–H and O–H groups in total. The molecule has 3 rings (SSSR count). The lowest BCUT2D eigenvalue weighted by atomic mass is 9.89. The zero-order chi connectivity index (χ0) is 21.5. The van der Waals surface area contributed by atoms with Crippen LogP contribution in [0.15, 0.2) is 32.7 Å². The number of fused-ring (bicyclic) bond motifs is 3. The van der Waals surface area contributed by atoms with Crippen LogP contribution in [0.2, 0.25) is 0 Å². The van der Waals surface area contributed by atoms with E-state index < -0.39 is 8.24 Å². The first-order chi connectivity index (χ1) is 13.6. The van der Waals surface area contributed by atoms with E-state index in [1.807, 2.05) is 0 Å². The predicted molar refractivity (Wildman–Crippen MR) is 125 cm³/mol. The van der Waals surface area contributed by atoms with Crippen molar-refractivity contribution in [1.82, 2.24) is 0 Å². The Morgan fingerprint density at radius 2 is 1.00 bits per heavy atom. The molecule has 3 nitrogen and oxygen atoms in total. The molecule has 0 unspecified atom stereocenters. The van der Waals surface area contributed by atoms with E-state index in [0.717, 1.165) is 21.9 Å². The van der Waals surface area contributed by atoms with Crippen LogP contribution in [0.3, 0.4) is 0 Å². The standard InChI is InChI=1S/C25H35O3P/c1-14(2)18-10-20(16(5)6)24-22(12-18)23-13-19(15(3)4)11-21(17(7)8)25(23)28-29(26-9)27-24/h10-17H,1-9H3. The van der Waals surface area contributed by atoms with Gasteiger partial charge in [0, 0.05) is 10.8 Å². The highest BCUT2D eigenvalue weighted by atomic mass is 31.1. The van der Waals surface area contributed by atoms with Crippen molar-refractivity contribution in [1.29, 1.82) is 0 Å². The first-order valence-corrected chi connectivity index (χ1v) is 11.8. The SMILES string of the molecule is COp1oc2c(C(C)C)cc(C(C)C)cc2c2cc(C(C)C)cc(C(C)C)c2o1. The van der Waals surface area contributed by atoms with Crippen molar-refractivity contribution in [3.05, 3.63) is 46.5 Å². The summed E-state index contributed by atoms with van der Waals surface area (Å²) in [6.45, 7) is 17.8. The molecule has 4 heteroatoms. The van der Waals surface area contributed by atoms with Crippen LogP contribution in [0.4, 0.5) is 0 Å². The third kappa shape index (κ3) is 4.27. The van der Waals surface area contributed by atoms with Gasteiger partial charge in [0.2, 0.25) is 0 Å². The van der Waals surface area contributed by atoms with Crippen LogP contribution in [-0.4, -0.2) is 7.11 Å². The summed E-state index contributed by atoms with van der Waals surface area (Å²) in [6.07, 6.45) is 0. The maximum absolute atomic E-state index is 6.37. The third-order valence-electron chi connectivity index (χ3n) is 5.63. The molecule has 1 aromatic heterocycles. The van der Waals surface area contributed by atoms with Gasteiger partial charge in [-0.15, -0.1) is 0 Å². The smallest absolute Gasteiger partial charge is 0.387 e. The quantitative estimate of drug-likeness (QED) is 0.418. The van der Waals surface area contributed by atoms with Crippen LogP contribution in [0.25, 0.3) is 21.9 Å². The van der Waals surface area contributed by atoms with Gasteiger partial charge >= 0.3 is 8.24 Å². The van der Waals surface area contributed by atoms with E-state index in [2.05, 4.69) is 79.7 Å². The fourth-order valence-corrected chi connectivity index (χ4v) is 4.61. The predicted octanol–water partition coefficient (Wildman–Crippen LogP) is 8.84. The minimum absolute atomic E-state index is 0.343. The Labute approximate surface area is 176 Å². The topological polar surface area (TPSA) is 35.5 Å². The number of benzene rings is 2. The van der Waals surface area contributed by atoms with Gasteiger partial charge in [-0.25, -0.2) is 0 Å². The first-order valence-electron chi connectivity index (χ1n) is 10.7. The average molecular weight is 415 g/mol. The van der Waals surface area contributed by atoms with Gasteiger partial charge in [0.25, 0.3) is 0 Å². The molecule has 3 aromatic rings. The number of rotatable bonds is 5. The van der Waals surface area contributed by atoms with Gasteiger partial charge in [-0.1, -0.05) is 67.5 Å².